The molecule has 26 heavy (non-hydrogen) atoms. The number of carbonyl (C=O) groups is 2. The summed E-state index contributed by atoms with van der Waals surface area (Å²) in [5.41, 5.74) is 1.90. The Morgan fingerprint density at radius 1 is 1.00 bits per heavy atom. The van der Waals surface area contributed by atoms with Gasteiger partial charge in [-0.15, -0.1) is 0 Å². The molecule has 1 unspecified atom stereocenters. The van der Waals surface area contributed by atoms with Crippen molar-refractivity contribution in [3.05, 3.63) is 65.7 Å². The fourth-order valence-electron chi connectivity index (χ4n) is 2.63. The molecule has 0 saturated heterocycles. The van der Waals surface area contributed by atoms with E-state index in [-0.39, 0.29) is 12.1 Å². The van der Waals surface area contributed by atoms with Gasteiger partial charge in [-0.25, -0.2) is 0 Å². The van der Waals surface area contributed by atoms with E-state index in [4.69, 9.17) is 4.74 Å². The van der Waals surface area contributed by atoms with Gasteiger partial charge in [-0.3, -0.25) is 9.59 Å². The lowest BCUT2D eigenvalue weighted by atomic mass is 10.1. The van der Waals surface area contributed by atoms with E-state index in [1.807, 2.05) is 75.4 Å². The van der Waals surface area contributed by atoms with Crippen LogP contribution >= 0.6 is 0 Å². The number of nitrogens with zero attached hydrogens (tertiary/aromatic N) is 1. The van der Waals surface area contributed by atoms with E-state index >= 15 is 0 Å². The van der Waals surface area contributed by atoms with Crippen LogP contribution in [-0.4, -0.2) is 29.9 Å². The zero-order valence-electron chi connectivity index (χ0n) is 15.7. The molecule has 1 atom stereocenters. The number of benzene rings is 2. The van der Waals surface area contributed by atoms with Crippen molar-refractivity contribution in [2.45, 2.75) is 39.4 Å². The quantitative estimate of drug-likeness (QED) is 0.810. The van der Waals surface area contributed by atoms with Gasteiger partial charge in [0.1, 0.15) is 5.75 Å². The molecule has 0 spiro atoms. The summed E-state index contributed by atoms with van der Waals surface area (Å²) in [4.78, 5) is 26.7. The number of methoxy groups -OCH3 is 1. The van der Waals surface area contributed by atoms with Crippen LogP contribution in [-0.2, 0) is 16.1 Å². The highest BCUT2D eigenvalue weighted by Crippen LogP contribution is 2.17. The lowest BCUT2D eigenvalue weighted by molar-refractivity contribution is -0.147. The Morgan fingerprint density at radius 3 is 2.15 bits per heavy atom. The van der Waals surface area contributed by atoms with Gasteiger partial charge in [-0.2, -0.15) is 0 Å². The summed E-state index contributed by atoms with van der Waals surface area (Å²) in [7, 11) is 1.60. The van der Waals surface area contributed by atoms with Gasteiger partial charge in [0.05, 0.1) is 13.2 Å². The molecule has 0 aromatic heterocycles. The van der Waals surface area contributed by atoms with Crippen LogP contribution in [0, 0.1) is 0 Å². The fourth-order valence-corrected chi connectivity index (χ4v) is 2.63. The Morgan fingerprint density at radius 2 is 1.62 bits per heavy atom. The number of rotatable bonds is 6. The molecule has 2 amide bonds. The van der Waals surface area contributed by atoms with Gasteiger partial charge in [-0.05, 0) is 44.0 Å². The van der Waals surface area contributed by atoms with Crippen LogP contribution in [0.5, 0.6) is 5.75 Å². The van der Waals surface area contributed by atoms with Crippen LogP contribution in [0.1, 0.15) is 37.9 Å². The number of hydrogen-bond acceptors (Lipinski definition) is 3. The normalized spacial score (nSPS) is 11.7. The average Bonchev–Trinajstić information content (AvgIpc) is 2.66. The topological polar surface area (TPSA) is 58.6 Å². The molecule has 2 aromatic rings. The van der Waals surface area contributed by atoms with Gasteiger partial charge in [0, 0.05) is 12.6 Å². The summed E-state index contributed by atoms with van der Waals surface area (Å²) in [6.45, 7) is 6.06. The first-order valence-corrected chi connectivity index (χ1v) is 8.71. The van der Waals surface area contributed by atoms with Gasteiger partial charge in [-0.1, -0.05) is 42.5 Å². The predicted molar refractivity (Wildman–Crippen MR) is 102 cm³/mol. The van der Waals surface area contributed by atoms with Gasteiger partial charge >= 0.3 is 11.8 Å². The maximum atomic E-state index is 12.7. The van der Waals surface area contributed by atoms with Crippen LogP contribution in [0.4, 0.5) is 0 Å². The standard InChI is InChI=1S/C21H26N2O3/c1-15(2)23(14-17-8-6-5-7-9-17)21(25)20(24)22-16(3)18-10-12-19(26-4)13-11-18/h5-13,15-16H,14H2,1-4H3,(H,22,24). The summed E-state index contributed by atoms with van der Waals surface area (Å²) < 4.78 is 5.13. The fraction of sp³-hybridized carbons (Fsp3) is 0.333. The molecule has 1 N–H and O–H groups in total. The van der Waals surface area contributed by atoms with Crippen molar-refractivity contribution < 1.29 is 14.3 Å². The van der Waals surface area contributed by atoms with Crippen molar-refractivity contribution in [1.82, 2.24) is 10.2 Å². The third kappa shape index (κ3) is 5.09. The predicted octanol–water partition coefficient (Wildman–Crippen LogP) is 3.31. The Balaban J connectivity index is 2.04. The van der Waals surface area contributed by atoms with Crippen LogP contribution in [0.2, 0.25) is 0 Å². The highest BCUT2D eigenvalue weighted by molar-refractivity contribution is 6.35. The molecule has 5 heteroatoms. The molecule has 0 heterocycles. The molecule has 0 radical (unpaired) electrons. The molecule has 0 aliphatic rings. The van der Waals surface area contributed by atoms with E-state index in [9.17, 15) is 9.59 Å². The van der Waals surface area contributed by atoms with Crippen molar-refractivity contribution in [2.75, 3.05) is 7.11 Å². The minimum Gasteiger partial charge on any atom is -0.497 e. The molecule has 0 fully saturated rings. The Kier molecular flexibility index (Phi) is 6.78. The Bertz CT molecular complexity index is 727. The van der Waals surface area contributed by atoms with Crippen molar-refractivity contribution in [1.29, 1.82) is 0 Å². The highest BCUT2D eigenvalue weighted by atomic mass is 16.5. The van der Waals surface area contributed by atoms with Crippen molar-refractivity contribution in [3.8, 4) is 5.75 Å². The largest absolute Gasteiger partial charge is 0.497 e. The lowest BCUT2D eigenvalue weighted by Gasteiger charge is -2.27. The second-order valence-corrected chi connectivity index (χ2v) is 6.48. The molecular weight excluding hydrogens is 328 g/mol. The SMILES string of the molecule is COc1ccc(C(C)NC(=O)C(=O)N(Cc2ccccc2)C(C)C)cc1. The van der Waals surface area contributed by atoms with E-state index in [0.29, 0.717) is 6.54 Å². The van der Waals surface area contributed by atoms with Gasteiger partial charge in [0.25, 0.3) is 0 Å². The summed E-state index contributed by atoms with van der Waals surface area (Å²) in [5, 5.41) is 2.78. The minimum absolute atomic E-state index is 0.0789. The molecule has 2 rings (SSSR count). The first-order chi connectivity index (χ1) is 12.4. The molecule has 138 valence electrons. The van der Waals surface area contributed by atoms with Crippen LogP contribution in [0.25, 0.3) is 0 Å². The van der Waals surface area contributed by atoms with Crippen molar-refractivity contribution >= 4 is 11.8 Å². The van der Waals surface area contributed by atoms with E-state index in [0.717, 1.165) is 16.9 Å². The first-order valence-electron chi connectivity index (χ1n) is 8.71. The van der Waals surface area contributed by atoms with Crippen molar-refractivity contribution in [2.24, 2.45) is 0 Å². The number of amides is 2. The number of ether oxygens (including phenoxy) is 1. The first kappa shape index (κ1) is 19.5. The maximum Gasteiger partial charge on any atom is 0.312 e. The average molecular weight is 354 g/mol. The molecular formula is C21H26N2O3. The van der Waals surface area contributed by atoms with E-state index in [1.165, 1.54) is 0 Å². The van der Waals surface area contributed by atoms with Gasteiger partial charge in [0.2, 0.25) is 0 Å². The second kappa shape index (κ2) is 9.04. The van der Waals surface area contributed by atoms with Crippen LogP contribution in [0.3, 0.4) is 0 Å². The molecule has 0 aliphatic heterocycles. The molecule has 5 nitrogen and oxygen atoms in total. The molecule has 2 aromatic carbocycles. The Labute approximate surface area is 155 Å². The number of carbonyl (C=O) groups excluding carboxylic acids is 2. The number of hydrogen-bond donors (Lipinski definition) is 1. The van der Waals surface area contributed by atoms with Crippen molar-refractivity contribution in [3.63, 3.8) is 0 Å². The summed E-state index contributed by atoms with van der Waals surface area (Å²) >= 11 is 0. The van der Waals surface area contributed by atoms with E-state index in [2.05, 4.69) is 5.32 Å². The van der Waals surface area contributed by atoms with E-state index < -0.39 is 11.8 Å². The number of nitrogens with one attached hydrogen (secondary N) is 1. The molecule has 0 bridgehead atoms. The smallest absolute Gasteiger partial charge is 0.312 e. The van der Waals surface area contributed by atoms with Gasteiger partial charge in [0.15, 0.2) is 0 Å². The molecule has 0 aliphatic carbocycles. The third-order valence-corrected chi connectivity index (χ3v) is 4.24. The summed E-state index contributed by atoms with van der Waals surface area (Å²) in [6.07, 6.45) is 0. The highest BCUT2D eigenvalue weighted by Gasteiger charge is 2.25. The third-order valence-electron chi connectivity index (χ3n) is 4.24. The minimum atomic E-state index is -0.599. The monoisotopic (exact) mass is 354 g/mol. The second-order valence-electron chi connectivity index (χ2n) is 6.48. The van der Waals surface area contributed by atoms with Gasteiger partial charge < -0.3 is 15.0 Å². The van der Waals surface area contributed by atoms with Crippen LogP contribution in [0.15, 0.2) is 54.6 Å². The maximum absolute atomic E-state index is 12.7. The molecule has 0 saturated carbocycles. The van der Waals surface area contributed by atoms with E-state index in [1.54, 1.807) is 12.0 Å². The summed E-state index contributed by atoms with van der Waals surface area (Å²) in [5.74, 6) is -0.376. The van der Waals surface area contributed by atoms with Crippen LogP contribution < -0.4 is 10.1 Å². The Hall–Kier alpha value is -2.82. The lowest BCUT2D eigenvalue weighted by Crippen LogP contribution is -2.46. The zero-order chi connectivity index (χ0) is 19.1. The summed E-state index contributed by atoms with van der Waals surface area (Å²) in [6, 6.07) is 16.7. The zero-order valence-corrected chi connectivity index (χ0v) is 15.7.